The number of alkyl halides is 1. The minimum Gasteiger partial charge on any atom is -0.463 e. The molecule has 1 aliphatic carbocycles. The van der Waals surface area contributed by atoms with Gasteiger partial charge in [0.1, 0.15) is 11.6 Å². The van der Waals surface area contributed by atoms with Crippen LogP contribution in [0.25, 0.3) is 11.4 Å². The van der Waals surface area contributed by atoms with Gasteiger partial charge < -0.3 is 14.2 Å². The van der Waals surface area contributed by atoms with Crippen LogP contribution < -0.4 is 4.74 Å². The molecule has 0 saturated heterocycles. The van der Waals surface area contributed by atoms with Crippen LogP contribution in [0, 0.1) is 17.7 Å². The van der Waals surface area contributed by atoms with Crippen molar-refractivity contribution >= 4 is 0 Å². The van der Waals surface area contributed by atoms with Gasteiger partial charge in [-0.3, -0.25) is 0 Å². The lowest BCUT2D eigenvalue weighted by Crippen LogP contribution is -2.30. The standard InChI is InChI=1S/C25H29F2N3O2/c1-30(2)24(20-4-3-5-21(27)15-20)18-8-6-17(7-9-18)14-23-28-25(29-32-23)19-10-12-22(13-11-19)31-16-26/h3-5,10-13,15,17-18,24H,6-9,14,16H2,1-2H3. The number of hydrogen-bond acceptors (Lipinski definition) is 5. The smallest absolute Gasteiger partial charge is 0.228 e. The Hall–Kier alpha value is -2.80. The summed E-state index contributed by atoms with van der Waals surface area (Å²) >= 11 is 0. The molecule has 4 rings (SSSR count). The van der Waals surface area contributed by atoms with E-state index in [2.05, 4.69) is 29.1 Å². The summed E-state index contributed by atoms with van der Waals surface area (Å²) in [6.45, 7) is -0.856. The Bertz CT molecular complexity index is 998. The molecule has 0 amide bonds. The number of nitrogens with zero attached hydrogens (tertiary/aromatic N) is 3. The molecule has 1 saturated carbocycles. The van der Waals surface area contributed by atoms with E-state index in [1.807, 2.05) is 6.07 Å². The van der Waals surface area contributed by atoms with Crippen LogP contribution in [0.4, 0.5) is 8.78 Å². The van der Waals surface area contributed by atoms with E-state index in [0.717, 1.165) is 43.2 Å². The summed E-state index contributed by atoms with van der Waals surface area (Å²) in [5, 5.41) is 4.10. The second-order valence-corrected chi connectivity index (χ2v) is 8.74. The first-order valence-electron chi connectivity index (χ1n) is 11.1. The summed E-state index contributed by atoms with van der Waals surface area (Å²) in [5.41, 5.74) is 1.85. The molecule has 1 aromatic heterocycles. The van der Waals surface area contributed by atoms with Crippen molar-refractivity contribution < 1.29 is 18.0 Å². The number of halogens is 2. The monoisotopic (exact) mass is 441 g/mol. The zero-order valence-corrected chi connectivity index (χ0v) is 18.5. The predicted octanol–water partition coefficient (Wildman–Crippen LogP) is 5.83. The second-order valence-electron chi connectivity index (χ2n) is 8.74. The number of rotatable bonds is 8. The highest BCUT2D eigenvalue weighted by molar-refractivity contribution is 5.55. The zero-order chi connectivity index (χ0) is 22.5. The van der Waals surface area contributed by atoms with Gasteiger partial charge in [0, 0.05) is 18.0 Å². The van der Waals surface area contributed by atoms with Crippen LogP contribution in [-0.2, 0) is 6.42 Å². The molecule has 1 aliphatic rings. The van der Waals surface area contributed by atoms with Crippen molar-refractivity contribution in [2.24, 2.45) is 11.8 Å². The van der Waals surface area contributed by atoms with Gasteiger partial charge in [-0.1, -0.05) is 17.3 Å². The average Bonchev–Trinajstić information content (AvgIpc) is 3.24. The molecule has 0 spiro atoms. The predicted molar refractivity (Wildman–Crippen MR) is 118 cm³/mol. The minimum absolute atomic E-state index is 0.181. The Kier molecular flexibility index (Phi) is 7.15. The molecule has 0 bridgehead atoms. The van der Waals surface area contributed by atoms with Crippen LogP contribution >= 0.6 is 0 Å². The zero-order valence-electron chi connectivity index (χ0n) is 18.5. The molecule has 7 heteroatoms. The Morgan fingerprint density at radius 3 is 2.50 bits per heavy atom. The van der Waals surface area contributed by atoms with Crippen LogP contribution in [0.3, 0.4) is 0 Å². The summed E-state index contributed by atoms with van der Waals surface area (Å²) in [6.07, 6.45) is 5.09. The molecule has 0 aliphatic heterocycles. The van der Waals surface area contributed by atoms with Crippen LogP contribution in [0.5, 0.6) is 5.75 Å². The molecule has 2 aromatic carbocycles. The number of benzene rings is 2. The van der Waals surface area contributed by atoms with Crippen molar-refractivity contribution in [1.29, 1.82) is 0 Å². The van der Waals surface area contributed by atoms with Crippen molar-refractivity contribution in [1.82, 2.24) is 15.0 Å². The molecule has 1 fully saturated rings. The van der Waals surface area contributed by atoms with E-state index in [1.54, 1.807) is 36.4 Å². The van der Waals surface area contributed by atoms with Crippen LogP contribution in [-0.4, -0.2) is 36.0 Å². The van der Waals surface area contributed by atoms with Gasteiger partial charge in [0.15, 0.2) is 0 Å². The Morgan fingerprint density at radius 1 is 1.09 bits per heavy atom. The number of ether oxygens (including phenoxy) is 1. The topological polar surface area (TPSA) is 51.4 Å². The summed E-state index contributed by atoms with van der Waals surface area (Å²) in [6, 6.07) is 14.1. The Balaban J connectivity index is 1.35. The maximum atomic E-state index is 13.8. The number of aromatic nitrogens is 2. The lowest BCUT2D eigenvalue weighted by molar-refractivity contribution is 0.145. The van der Waals surface area contributed by atoms with Gasteiger partial charge in [-0.25, -0.2) is 8.78 Å². The van der Waals surface area contributed by atoms with E-state index >= 15 is 0 Å². The van der Waals surface area contributed by atoms with Gasteiger partial charge in [0.25, 0.3) is 0 Å². The first kappa shape index (κ1) is 22.4. The van der Waals surface area contributed by atoms with Crippen molar-refractivity contribution in [3.05, 3.63) is 65.8 Å². The average molecular weight is 442 g/mol. The van der Waals surface area contributed by atoms with E-state index < -0.39 is 6.86 Å². The molecule has 170 valence electrons. The van der Waals surface area contributed by atoms with Crippen molar-refractivity contribution in [3.8, 4) is 17.1 Å². The fourth-order valence-corrected chi connectivity index (χ4v) is 4.86. The van der Waals surface area contributed by atoms with E-state index in [-0.39, 0.29) is 11.9 Å². The van der Waals surface area contributed by atoms with Gasteiger partial charge in [-0.2, -0.15) is 4.98 Å². The van der Waals surface area contributed by atoms with Crippen molar-refractivity contribution in [2.45, 2.75) is 38.1 Å². The third-order valence-corrected chi connectivity index (χ3v) is 6.35. The molecule has 1 heterocycles. The van der Waals surface area contributed by atoms with E-state index in [1.165, 1.54) is 6.07 Å². The van der Waals surface area contributed by atoms with Gasteiger partial charge in [0.05, 0.1) is 0 Å². The van der Waals surface area contributed by atoms with Crippen LogP contribution in [0.2, 0.25) is 0 Å². The highest BCUT2D eigenvalue weighted by atomic mass is 19.1. The molecule has 3 aromatic rings. The fraction of sp³-hybridized carbons (Fsp3) is 0.440. The van der Waals surface area contributed by atoms with Crippen molar-refractivity contribution in [2.75, 3.05) is 21.0 Å². The SMILES string of the molecule is CN(C)C(c1cccc(F)c1)C1CCC(Cc2nc(-c3ccc(OCF)cc3)no2)CC1. The maximum Gasteiger partial charge on any atom is 0.228 e. The first-order chi connectivity index (χ1) is 15.5. The minimum atomic E-state index is -0.856. The highest BCUT2D eigenvalue weighted by Gasteiger charge is 2.31. The normalized spacial score (nSPS) is 19.8. The molecule has 5 nitrogen and oxygen atoms in total. The third-order valence-electron chi connectivity index (χ3n) is 6.35. The fourth-order valence-electron chi connectivity index (χ4n) is 4.86. The summed E-state index contributed by atoms with van der Waals surface area (Å²) in [5.74, 6) is 2.44. The van der Waals surface area contributed by atoms with E-state index in [0.29, 0.717) is 29.3 Å². The molecule has 0 N–H and O–H groups in total. The molecule has 1 atom stereocenters. The van der Waals surface area contributed by atoms with Crippen LogP contribution in [0.1, 0.15) is 43.2 Å². The Morgan fingerprint density at radius 2 is 1.84 bits per heavy atom. The third kappa shape index (κ3) is 5.33. The quantitative estimate of drug-likeness (QED) is 0.440. The molecule has 1 unspecified atom stereocenters. The Labute approximate surface area is 187 Å². The second kappa shape index (κ2) is 10.2. The lowest BCUT2D eigenvalue weighted by Gasteiger charge is -2.37. The largest absolute Gasteiger partial charge is 0.463 e. The molecule has 32 heavy (non-hydrogen) atoms. The maximum absolute atomic E-state index is 13.8. The summed E-state index contributed by atoms with van der Waals surface area (Å²) < 4.78 is 36.4. The first-order valence-corrected chi connectivity index (χ1v) is 11.1. The van der Waals surface area contributed by atoms with E-state index in [9.17, 15) is 8.78 Å². The summed E-state index contributed by atoms with van der Waals surface area (Å²) in [7, 11) is 4.13. The van der Waals surface area contributed by atoms with Gasteiger partial charge in [0.2, 0.25) is 18.6 Å². The lowest BCUT2D eigenvalue weighted by atomic mass is 9.75. The van der Waals surface area contributed by atoms with Gasteiger partial charge in [-0.05, 0) is 93.6 Å². The van der Waals surface area contributed by atoms with E-state index in [4.69, 9.17) is 9.26 Å². The van der Waals surface area contributed by atoms with Crippen molar-refractivity contribution in [3.63, 3.8) is 0 Å². The van der Waals surface area contributed by atoms with Gasteiger partial charge in [-0.15, -0.1) is 0 Å². The van der Waals surface area contributed by atoms with Gasteiger partial charge >= 0.3 is 0 Å². The van der Waals surface area contributed by atoms with Crippen LogP contribution in [0.15, 0.2) is 53.1 Å². The highest BCUT2D eigenvalue weighted by Crippen LogP contribution is 2.40. The summed E-state index contributed by atoms with van der Waals surface area (Å²) in [4.78, 5) is 6.75. The molecule has 0 radical (unpaired) electrons. The number of hydrogen-bond donors (Lipinski definition) is 0. The molecular formula is C25H29F2N3O2. The molecular weight excluding hydrogens is 412 g/mol.